The molecule has 0 saturated heterocycles. The quantitative estimate of drug-likeness (QED) is 0.854. The first-order valence-electron chi connectivity index (χ1n) is 5.95. The molecule has 20 heavy (non-hydrogen) atoms. The van der Waals surface area contributed by atoms with Crippen molar-refractivity contribution in [2.24, 2.45) is 0 Å². The van der Waals surface area contributed by atoms with Crippen LogP contribution in [0, 0.1) is 13.8 Å². The van der Waals surface area contributed by atoms with Gasteiger partial charge in [0.1, 0.15) is 0 Å². The van der Waals surface area contributed by atoms with Gasteiger partial charge in [0.05, 0.1) is 15.6 Å². The van der Waals surface area contributed by atoms with Crippen molar-refractivity contribution < 1.29 is 8.42 Å². The van der Waals surface area contributed by atoms with Gasteiger partial charge in [0.2, 0.25) is 0 Å². The summed E-state index contributed by atoms with van der Waals surface area (Å²) in [7, 11) is -3.73. The summed E-state index contributed by atoms with van der Waals surface area (Å²) in [5.41, 5.74) is 7.97. The third kappa shape index (κ3) is 2.89. The molecular weight excluding hydrogens is 296 g/mol. The van der Waals surface area contributed by atoms with Crippen LogP contribution >= 0.6 is 11.6 Å². The van der Waals surface area contributed by atoms with E-state index in [4.69, 9.17) is 17.3 Å². The minimum Gasteiger partial charge on any atom is -0.399 e. The third-order valence-corrected chi connectivity index (χ3v) is 4.87. The van der Waals surface area contributed by atoms with E-state index in [1.54, 1.807) is 37.3 Å². The molecule has 0 aromatic heterocycles. The number of anilines is 2. The maximum atomic E-state index is 12.5. The maximum Gasteiger partial charge on any atom is 0.262 e. The molecule has 2 rings (SSSR count). The van der Waals surface area contributed by atoms with Crippen LogP contribution in [0.3, 0.4) is 0 Å². The Bertz CT molecular complexity index is 758. The molecule has 0 aliphatic heterocycles. The van der Waals surface area contributed by atoms with Crippen molar-refractivity contribution in [3.8, 4) is 0 Å². The molecule has 0 bridgehead atoms. The fourth-order valence-electron chi connectivity index (χ4n) is 1.88. The van der Waals surface area contributed by atoms with Crippen molar-refractivity contribution in [1.29, 1.82) is 0 Å². The first kappa shape index (κ1) is 14.7. The molecule has 0 radical (unpaired) electrons. The van der Waals surface area contributed by atoms with Gasteiger partial charge < -0.3 is 5.73 Å². The van der Waals surface area contributed by atoms with Crippen molar-refractivity contribution in [3.63, 3.8) is 0 Å². The largest absolute Gasteiger partial charge is 0.399 e. The average molecular weight is 311 g/mol. The Labute approximate surface area is 123 Å². The SMILES string of the molecule is Cc1cc(N)cc(S(=O)(=O)Nc2ccccc2Cl)c1C. The van der Waals surface area contributed by atoms with E-state index in [2.05, 4.69) is 4.72 Å². The van der Waals surface area contributed by atoms with Crippen LogP contribution in [-0.4, -0.2) is 8.42 Å². The lowest BCUT2D eigenvalue weighted by Crippen LogP contribution is -2.15. The molecule has 0 aliphatic rings. The summed E-state index contributed by atoms with van der Waals surface area (Å²) >= 11 is 5.97. The van der Waals surface area contributed by atoms with Crippen LogP contribution in [-0.2, 0) is 10.0 Å². The fourth-order valence-corrected chi connectivity index (χ4v) is 3.55. The van der Waals surface area contributed by atoms with Crippen LogP contribution in [0.1, 0.15) is 11.1 Å². The highest BCUT2D eigenvalue weighted by Crippen LogP contribution is 2.27. The molecule has 0 fully saturated rings. The van der Waals surface area contributed by atoms with Crippen LogP contribution in [0.5, 0.6) is 0 Å². The van der Waals surface area contributed by atoms with E-state index in [1.807, 2.05) is 6.92 Å². The highest BCUT2D eigenvalue weighted by molar-refractivity contribution is 7.92. The van der Waals surface area contributed by atoms with Crippen LogP contribution in [0.4, 0.5) is 11.4 Å². The highest BCUT2D eigenvalue weighted by atomic mass is 35.5. The molecule has 0 spiro atoms. The van der Waals surface area contributed by atoms with Crippen LogP contribution in [0.15, 0.2) is 41.3 Å². The summed E-state index contributed by atoms with van der Waals surface area (Å²) in [6, 6.07) is 9.85. The van der Waals surface area contributed by atoms with Gasteiger partial charge in [-0.05, 0) is 49.2 Å². The van der Waals surface area contributed by atoms with Crippen LogP contribution in [0.2, 0.25) is 5.02 Å². The summed E-state index contributed by atoms with van der Waals surface area (Å²) in [4.78, 5) is 0.162. The molecule has 0 amide bonds. The molecule has 4 nitrogen and oxygen atoms in total. The van der Waals surface area contributed by atoms with Crippen molar-refractivity contribution >= 4 is 33.0 Å². The van der Waals surface area contributed by atoms with Crippen molar-refractivity contribution in [3.05, 3.63) is 52.5 Å². The van der Waals surface area contributed by atoms with Gasteiger partial charge in [-0.25, -0.2) is 8.42 Å². The predicted molar refractivity (Wildman–Crippen MR) is 82.6 cm³/mol. The van der Waals surface area contributed by atoms with Gasteiger partial charge >= 0.3 is 0 Å². The number of aryl methyl sites for hydroxylation is 1. The van der Waals surface area contributed by atoms with E-state index in [1.165, 1.54) is 6.07 Å². The Balaban J connectivity index is 2.49. The maximum absolute atomic E-state index is 12.5. The minimum atomic E-state index is -3.73. The van der Waals surface area contributed by atoms with E-state index < -0.39 is 10.0 Å². The van der Waals surface area contributed by atoms with Gasteiger partial charge in [-0.15, -0.1) is 0 Å². The number of nitrogens with two attached hydrogens (primary N) is 1. The molecule has 0 atom stereocenters. The summed E-state index contributed by atoms with van der Waals surface area (Å²) in [5.74, 6) is 0. The number of rotatable bonds is 3. The third-order valence-electron chi connectivity index (χ3n) is 3.05. The molecule has 6 heteroatoms. The lowest BCUT2D eigenvalue weighted by atomic mass is 10.1. The minimum absolute atomic E-state index is 0.162. The van der Waals surface area contributed by atoms with Crippen LogP contribution in [0.25, 0.3) is 0 Å². The van der Waals surface area contributed by atoms with E-state index in [0.717, 1.165) is 5.56 Å². The normalized spacial score (nSPS) is 11.3. The molecule has 2 aromatic carbocycles. The van der Waals surface area contributed by atoms with Crippen molar-refractivity contribution in [2.75, 3.05) is 10.5 Å². The number of nitrogen functional groups attached to an aromatic ring is 1. The summed E-state index contributed by atoms with van der Waals surface area (Å²) in [6.07, 6.45) is 0. The number of para-hydroxylation sites is 1. The smallest absolute Gasteiger partial charge is 0.262 e. The number of hydrogen-bond donors (Lipinski definition) is 2. The number of sulfonamides is 1. The average Bonchev–Trinajstić information content (AvgIpc) is 2.36. The number of nitrogens with one attached hydrogen (secondary N) is 1. The second-order valence-corrected chi connectivity index (χ2v) is 6.60. The first-order valence-corrected chi connectivity index (χ1v) is 7.81. The summed E-state index contributed by atoms with van der Waals surface area (Å²) in [6.45, 7) is 3.57. The van der Waals surface area contributed by atoms with Gasteiger partial charge in [-0.3, -0.25) is 4.72 Å². The fraction of sp³-hybridized carbons (Fsp3) is 0.143. The molecule has 2 aromatic rings. The molecule has 0 saturated carbocycles. The zero-order valence-corrected chi connectivity index (χ0v) is 12.7. The van der Waals surface area contributed by atoms with Gasteiger partial charge in [0.25, 0.3) is 10.0 Å². The standard InChI is InChI=1S/C14H15ClN2O2S/c1-9-7-11(16)8-14(10(9)2)20(18,19)17-13-6-4-3-5-12(13)15/h3-8,17H,16H2,1-2H3. The number of benzene rings is 2. The van der Waals surface area contributed by atoms with E-state index >= 15 is 0 Å². The molecule has 106 valence electrons. The van der Waals surface area contributed by atoms with Crippen LogP contribution < -0.4 is 10.5 Å². The first-order chi connectivity index (χ1) is 9.31. The van der Waals surface area contributed by atoms with E-state index in [-0.39, 0.29) is 4.90 Å². The van der Waals surface area contributed by atoms with Gasteiger partial charge in [0, 0.05) is 5.69 Å². The second kappa shape index (κ2) is 5.34. The molecular formula is C14H15ClN2O2S. The molecule has 0 aliphatic carbocycles. The Kier molecular flexibility index (Phi) is 3.92. The summed E-state index contributed by atoms with van der Waals surface area (Å²) < 4.78 is 27.4. The monoisotopic (exact) mass is 310 g/mol. The van der Waals surface area contributed by atoms with Gasteiger partial charge in [-0.2, -0.15) is 0 Å². The predicted octanol–water partition coefficient (Wildman–Crippen LogP) is 3.34. The summed E-state index contributed by atoms with van der Waals surface area (Å²) in [5, 5.41) is 0.342. The molecule has 3 N–H and O–H groups in total. The topological polar surface area (TPSA) is 72.2 Å². The number of halogens is 1. The second-order valence-electron chi connectivity index (χ2n) is 4.55. The lowest BCUT2D eigenvalue weighted by Gasteiger charge is -2.13. The Morgan fingerprint density at radius 1 is 1.15 bits per heavy atom. The van der Waals surface area contributed by atoms with Gasteiger partial charge in [0.15, 0.2) is 0 Å². The van der Waals surface area contributed by atoms with E-state index in [9.17, 15) is 8.42 Å². The Hall–Kier alpha value is -1.72. The van der Waals surface area contributed by atoms with Crippen molar-refractivity contribution in [1.82, 2.24) is 0 Å². The highest BCUT2D eigenvalue weighted by Gasteiger charge is 2.19. The Morgan fingerprint density at radius 3 is 2.45 bits per heavy atom. The molecule has 0 unspecified atom stereocenters. The molecule has 0 heterocycles. The zero-order chi connectivity index (χ0) is 14.9. The lowest BCUT2D eigenvalue weighted by molar-refractivity contribution is 0.600. The number of hydrogen-bond acceptors (Lipinski definition) is 3. The van der Waals surface area contributed by atoms with E-state index in [0.29, 0.717) is 22.0 Å². The Morgan fingerprint density at radius 2 is 1.80 bits per heavy atom. The van der Waals surface area contributed by atoms with Gasteiger partial charge in [-0.1, -0.05) is 23.7 Å². The van der Waals surface area contributed by atoms with Crippen molar-refractivity contribution in [2.45, 2.75) is 18.7 Å². The zero-order valence-electron chi connectivity index (χ0n) is 11.1.